The predicted molar refractivity (Wildman–Crippen MR) is 147 cm³/mol. The lowest BCUT2D eigenvalue weighted by molar-refractivity contribution is 0.0655. The number of benzene rings is 3. The Labute approximate surface area is 219 Å². The number of fused-ring (bicyclic) bond motifs is 1. The van der Waals surface area contributed by atoms with Gasteiger partial charge < -0.3 is 9.64 Å². The second-order valence-corrected chi connectivity index (χ2v) is 10.3. The molecule has 7 heteroatoms. The van der Waals surface area contributed by atoms with Crippen molar-refractivity contribution in [3.05, 3.63) is 98.5 Å². The van der Waals surface area contributed by atoms with Crippen molar-refractivity contribution in [3.8, 4) is 11.4 Å². The standard InChI is InChI=1S/C29H30BrN3O3/c1-18(2)17-32(28(34)21-11-13-22(30)14-12-21)20(4)27-31-24-9-7-6-8-23(24)29(35)33(27)25-16-19(3)10-15-26(25)36-5/h6-16,18,20H,17H2,1-5H3. The van der Waals surface area contributed by atoms with Crippen LogP contribution in [0, 0.1) is 12.8 Å². The van der Waals surface area contributed by atoms with E-state index in [0.717, 1.165) is 10.0 Å². The first-order chi connectivity index (χ1) is 17.2. The van der Waals surface area contributed by atoms with Crippen LogP contribution in [0.4, 0.5) is 0 Å². The van der Waals surface area contributed by atoms with Crippen LogP contribution in [0.2, 0.25) is 0 Å². The van der Waals surface area contributed by atoms with Gasteiger partial charge in [0.05, 0.1) is 29.7 Å². The molecule has 1 atom stereocenters. The quantitative estimate of drug-likeness (QED) is 0.271. The van der Waals surface area contributed by atoms with Crippen molar-refractivity contribution in [2.24, 2.45) is 5.92 Å². The van der Waals surface area contributed by atoms with Crippen molar-refractivity contribution in [3.63, 3.8) is 0 Å². The highest BCUT2D eigenvalue weighted by molar-refractivity contribution is 9.10. The Morgan fingerprint density at radius 3 is 2.42 bits per heavy atom. The second kappa shape index (κ2) is 10.7. The van der Waals surface area contributed by atoms with Crippen LogP contribution in [0.1, 0.15) is 48.6 Å². The monoisotopic (exact) mass is 547 g/mol. The number of aromatic nitrogens is 2. The maximum atomic E-state index is 13.9. The molecule has 1 unspecified atom stereocenters. The largest absolute Gasteiger partial charge is 0.495 e. The van der Waals surface area contributed by atoms with Gasteiger partial charge in [-0.2, -0.15) is 0 Å². The van der Waals surface area contributed by atoms with E-state index in [-0.39, 0.29) is 17.4 Å². The second-order valence-electron chi connectivity index (χ2n) is 9.34. The molecule has 0 spiro atoms. The minimum absolute atomic E-state index is 0.117. The van der Waals surface area contributed by atoms with E-state index in [2.05, 4.69) is 29.8 Å². The third-order valence-corrected chi connectivity index (χ3v) is 6.66. The maximum Gasteiger partial charge on any atom is 0.266 e. The Bertz CT molecular complexity index is 1460. The zero-order chi connectivity index (χ0) is 26.0. The van der Waals surface area contributed by atoms with E-state index >= 15 is 0 Å². The number of methoxy groups -OCH3 is 1. The molecule has 1 amide bonds. The molecule has 36 heavy (non-hydrogen) atoms. The zero-order valence-corrected chi connectivity index (χ0v) is 22.7. The number of halogens is 1. The highest BCUT2D eigenvalue weighted by atomic mass is 79.9. The van der Waals surface area contributed by atoms with Crippen molar-refractivity contribution < 1.29 is 9.53 Å². The van der Waals surface area contributed by atoms with Crippen LogP contribution in [-0.4, -0.2) is 34.0 Å². The van der Waals surface area contributed by atoms with E-state index < -0.39 is 6.04 Å². The number of hydrogen-bond donors (Lipinski definition) is 0. The molecule has 0 N–H and O–H groups in total. The van der Waals surface area contributed by atoms with Crippen LogP contribution >= 0.6 is 15.9 Å². The molecule has 0 radical (unpaired) electrons. The summed E-state index contributed by atoms with van der Waals surface area (Å²) >= 11 is 3.44. The van der Waals surface area contributed by atoms with E-state index in [1.807, 2.05) is 62.4 Å². The van der Waals surface area contributed by atoms with Crippen molar-refractivity contribution in [2.75, 3.05) is 13.7 Å². The number of aryl methyl sites for hydroxylation is 1. The first-order valence-corrected chi connectivity index (χ1v) is 12.7. The van der Waals surface area contributed by atoms with Gasteiger partial charge in [0.1, 0.15) is 11.6 Å². The number of amides is 1. The van der Waals surface area contributed by atoms with Crippen LogP contribution in [0.5, 0.6) is 5.75 Å². The summed E-state index contributed by atoms with van der Waals surface area (Å²) in [6.07, 6.45) is 0. The third kappa shape index (κ3) is 5.07. The predicted octanol–water partition coefficient (Wildman–Crippen LogP) is 6.32. The number of carbonyl (C=O) groups excluding carboxylic acids is 1. The van der Waals surface area contributed by atoms with Gasteiger partial charge in [-0.1, -0.05) is 48.0 Å². The lowest BCUT2D eigenvalue weighted by Gasteiger charge is -2.32. The summed E-state index contributed by atoms with van der Waals surface area (Å²) in [5.74, 6) is 1.13. The van der Waals surface area contributed by atoms with Gasteiger partial charge in [-0.3, -0.25) is 14.2 Å². The summed E-state index contributed by atoms with van der Waals surface area (Å²) in [5.41, 5.74) is 2.55. The average molecular weight is 548 g/mol. The Morgan fingerprint density at radius 2 is 1.75 bits per heavy atom. The molecule has 0 aliphatic rings. The SMILES string of the molecule is COc1ccc(C)cc1-n1c(C(C)N(CC(C)C)C(=O)c2ccc(Br)cc2)nc2ccccc2c1=O. The molecule has 4 aromatic rings. The number of rotatable bonds is 7. The van der Waals surface area contributed by atoms with Crippen LogP contribution in [-0.2, 0) is 0 Å². The van der Waals surface area contributed by atoms with Crippen LogP contribution in [0.15, 0.2) is 76.0 Å². The van der Waals surface area contributed by atoms with E-state index in [1.165, 1.54) is 0 Å². The molecule has 1 aromatic heterocycles. The zero-order valence-electron chi connectivity index (χ0n) is 21.2. The van der Waals surface area contributed by atoms with Crippen LogP contribution in [0.25, 0.3) is 16.6 Å². The van der Waals surface area contributed by atoms with Gasteiger partial charge in [-0.25, -0.2) is 4.98 Å². The Balaban J connectivity index is 1.96. The van der Waals surface area contributed by atoms with E-state index in [9.17, 15) is 9.59 Å². The first kappa shape index (κ1) is 25.6. The Morgan fingerprint density at radius 1 is 1.06 bits per heavy atom. The lowest BCUT2D eigenvalue weighted by atomic mass is 10.1. The number of nitrogens with zero attached hydrogens (tertiary/aromatic N) is 3. The molecule has 6 nitrogen and oxygen atoms in total. The van der Waals surface area contributed by atoms with Gasteiger partial charge in [0, 0.05) is 16.6 Å². The number of para-hydroxylation sites is 1. The molecule has 0 fully saturated rings. The van der Waals surface area contributed by atoms with E-state index in [1.54, 1.807) is 34.8 Å². The lowest BCUT2D eigenvalue weighted by Crippen LogP contribution is -2.39. The van der Waals surface area contributed by atoms with Crippen molar-refractivity contribution in [1.82, 2.24) is 14.5 Å². The van der Waals surface area contributed by atoms with Gasteiger partial charge in [-0.15, -0.1) is 0 Å². The minimum atomic E-state index is -0.494. The van der Waals surface area contributed by atoms with Crippen LogP contribution in [0.3, 0.4) is 0 Å². The molecular weight excluding hydrogens is 518 g/mol. The summed E-state index contributed by atoms with van der Waals surface area (Å²) in [5, 5.41) is 0.506. The van der Waals surface area contributed by atoms with Gasteiger partial charge in [0.25, 0.3) is 11.5 Å². The van der Waals surface area contributed by atoms with Gasteiger partial charge in [-0.05, 0) is 73.9 Å². The van der Waals surface area contributed by atoms with Gasteiger partial charge in [0.2, 0.25) is 0 Å². The topological polar surface area (TPSA) is 64.4 Å². The minimum Gasteiger partial charge on any atom is -0.495 e. The van der Waals surface area contributed by atoms with Crippen molar-refractivity contribution in [1.29, 1.82) is 0 Å². The van der Waals surface area contributed by atoms with E-state index in [4.69, 9.17) is 9.72 Å². The van der Waals surface area contributed by atoms with Crippen LogP contribution < -0.4 is 10.3 Å². The third-order valence-electron chi connectivity index (χ3n) is 6.13. The molecule has 3 aromatic carbocycles. The average Bonchev–Trinajstić information content (AvgIpc) is 2.86. The molecule has 0 bridgehead atoms. The summed E-state index contributed by atoms with van der Waals surface area (Å²) in [4.78, 5) is 34.4. The number of ether oxygens (including phenoxy) is 1. The van der Waals surface area contributed by atoms with Gasteiger partial charge in [0.15, 0.2) is 0 Å². The summed E-state index contributed by atoms with van der Waals surface area (Å²) < 4.78 is 8.14. The number of carbonyl (C=O) groups is 1. The molecule has 4 rings (SSSR count). The summed E-state index contributed by atoms with van der Waals surface area (Å²) in [6.45, 7) is 8.53. The molecule has 0 aliphatic carbocycles. The molecule has 186 valence electrons. The summed E-state index contributed by atoms with van der Waals surface area (Å²) in [6, 6.07) is 19.8. The van der Waals surface area contributed by atoms with Crippen molar-refractivity contribution in [2.45, 2.75) is 33.7 Å². The fraction of sp³-hybridized carbons (Fsp3) is 0.276. The first-order valence-electron chi connectivity index (χ1n) is 11.9. The maximum absolute atomic E-state index is 13.9. The summed E-state index contributed by atoms with van der Waals surface area (Å²) in [7, 11) is 1.58. The molecular formula is C29H30BrN3O3. The molecule has 1 heterocycles. The molecule has 0 saturated heterocycles. The van der Waals surface area contributed by atoms with Crippen molar-refractivity contribution >= 4 is 32.7 Å². The molecule has 0 aliphatic heterocycles. The van der Waals surface area contributed by atoms with E-state index in [0.29, 0.717) is 40.3 Å². The molecule has 0 saturated carbocycles. The highest BCUT2D eigenvalue weighted by Gasteiger charge is 2.29. The fourth-order valence-corrected chi connectivity index (χ4v) is 4.61. The number of hydrogen-bond acceptors (Lipinski definition) is 4. The highest BCUT2D eigenvalue weighted by Crippen LogP contribution is 2.30. The van der Waals surface area contributed by atoms with Gasteiger partial charge >= 0.3 is 0 Å². The Kier molecular flexibility index (Phi) is 7.59. The fourth-order valence-electron chi connectivity index (χ4n) is 4.35. The Hall–Kier alpha value is -3.45. The normalized spacial score (nSPS) is 12.1. The smallest absolute Gasteiger partial charge is 0.266 e.